The number of amides is 2. The van der Waals surface area contributed by atoms with Gasteiger partial charge in [0.1, 0.15) is 11.4 Å². The van der Waals surface area contributed by atoms with Crippen molar-refractivity contribution in [1.82, 2.24) is 10.1 Å². The third-order valence-electron chi connectivity index (χ3n) is 4.13. The van der Waals surface area contributed by atoms with Crippen LogP contribution >= 0.6 is 0 Å². The van der Waals surface area contributed by atoms with Crippen LogP contribution in [0.1, 0.15) is 26.5 Å². The average Bonchev–Trinajstić information content (AvgIpc) is 3.22. The molecule has 0 saturated heterocycles. The van der Waals surface area contributed by atoms with E-state index in [0.717, 1.165) is 4.90 Å². The number of halogens is 2. The van der Waals surface area contributed by atoms with Gasteiger partial charge in [-0.25, -0.2) is 0 Å². The van der Waals surface area contributed by atoms with Gasteiger partial charge in [-0.05, 0) is 36.4 Å². The van der Waals surface area contributed by atoms with E-state index in [9.17, 15) is 18.4 Å². The molecule has 0 atom stereocenters. The van der Waals surface area contributed by atoms with E-state index < -0.39 is 6.61 Å². The van der Waals surface area contributed by atoms with E-state index in [4.69, 9.17) is 4.52 Å². The number of nitrogens with zero attached hydrogens (tertiary/aromatic N) is 2. The molecule has 1 aromatic heterocycles. The molecule has 8 heteroatoms. The van der Waals surface area contributed by atoms with E-state index in [1.165, 1.54) is 12.1 Å². The lowest BCUT2D eigenvalue weighted by atomic mass is 10.1. The topological polar surface area (TPSA) is 72.6 Å². The molecule has 4 rings (SSSR count). The van der Waals surface area contributed by atoms with Gasteiger partial charge in [-0.15, -0.1) is 0 Å². The van der Waals surface area contributed by atoms with Crippen molar-refractivity contribution in [2.45, 2.75) is 13.2 Å². The number of carbonyl (C=O) groups is 2. The molecule has 0 aliphatic carbocycles. The van der Waals surface area contributed by atoms with Gasteiger partial charge in [0, 0.05) is 11.6 Å². The monoisotopic (exact) mass is 370 g/mol. The number of hydrogen-bond acceptors (Lipinski definition) is 5. The van der Waals surface area contributed by atoms with Crippen LogP contribution in [0.5, 0.6) is 5.75 Å². The van der Waals surface area contributed by atoms with Gasteiger partial charge in [-0.1, -0.05) is 17.3 Å². The summed E-state index contributed by atoms with van der Waals surface area (Å²) in [6.45, 7) is -2.94. The molecule has 0 radical (unpaired) electrons. The molecule has 0 saturated carbocycles. The number of rotatable bonds is 5. The molecule has 0 bridgehead atoms. The number of alkyl halides is 2. The van der Waals surface area contributed by atoms with Gasteiger partial charge < -0.3 is 9.26 Å². The van der Waals surface area contributed by atoms with Gasteiger partial charge in [-0.3, -0.25) is 14.5 Å². The van der Waals surface area contributed by atoms with E-state index in [1.54, 1.807) is 42.5 Å². The summed E-state index contributed by atoms with van der Waals surface area (Å²) in [6, 6.07) is 14.1. The molecular weight excluding hydrogens is 358 g/mol. The van der Waals surface area contributed by atoms with Crippen molar-refractivity contribution in [3.8, 4) is 17.0 Å². The quantitative estimate of drug-likeness (QED) is 0.640. The summed E-state index contributed by atoms with van der Waals surface area (Å²) in [6.07, 6.45) is 0. The highest BCUT2D eigenvalue weighted by molar-refractivity contribution is 6.21. The Morgan fingerprint density at radius 3 is 2.22 bits per heavy atom. The van der Waals surface area contributed by atoms with Crippen molar-refractivity contribution >= 4 is 11.8 Å². The van der Waals surface area contributed by atoms with Crippen LogP contribution in [0.2, 0.25) is 0 Å². The summed E-state index contributed by atoms with van der Waals surface area (Å²) in [5.41, 5.74) is 1.79. The Morgan fingerprint density at radius 2 is 1.63 bits per heavy atom. The first-order valence-corrected chi connectivity index (χ1v) is 7.99. The van der Waals surface area contributed by atoms with Crippen LogP contribution in [0.3, 0.4) is 0 Å². The molecular formula is C19H12F2N2O4. The van der Waals surface area contributed by atoms with Gasteiger partial charge in [0.2, 0.25) is 0 Å². The second-order valence-corrected chi connectivity index (χ2v) is 5.82. The van der Waals surface area contributed by atoms with E-state index in [-0.39, 0.29) is 24.1 Å². The molecule has 0 fully saturated rings. The molecule has 0 N–H and O–H groups in total. The Balaban J connectivity index is 1.51. The number of hydrogen-bond donors (Lipinski definition) is 0. The van der Waals surface area contributed by atoms with Crippen LogP contribution in [-0.4, -0.2) is 28.5 Å². The van der Waals surface area contributed by atoms with Crippen molar-refractivity contribution in [1.29, 1.82) is 0 Å². The highest BCUT2D eigenvalue weighted by Crippen LogP contribution is 2.27. The fraction of sp³-hybridized carbons (Fsp3) is 0.105. The molecule has 1 aliphatic heterocycles. The maximum absolute atomic E-state index is 12.4. The third kappa shape index (κ3) is 3.17. The van der Waals surface area contributed by atoms with Crippen molar-refractivity contribution in [2.24, 2.45) is 0 Å². The fourth-order valence-corrected chi connectivity index (χ4v) is 2.87. The van der Waals surface area contributed by atoms with Gasteiger partial charge in [0.05, 0.1) is 17.7 Å². The zero-order valence-corrected chi connectivity index (χ0v) is 13.8. The molecule has 2 heterocycles. The summed E-state index contributed by atoms with van der Waals surface area (Å²) in [4.78, 5) is 25.9. The van der Waals surface area contributed by atoms with Crippen molar-refractivity contribution in [3.05, 3.63) is 71.5 Å². The Hall–Kier alpha value is -3.55. The summed E-state index contributed by atoms with van der Waals surface area (Å²) >= 11 is 0. The Kier molecular flexibility index (Phi) is 4.15. The summed E-state index contributed by atoms with van der Waals surface area (Å²) in [7, 11) is 0. The van der Waals surface area contributed by atoms with Gasteiger partial charge in [0.25, 0.3) is 11.8 Å². The first-order valence-electron chi connectivity index (χ1n) is 7.99. The minimum Gasteiger partial charge on any atom is -0.435 e. The second-order valence-electron chi connectivity index (χ2n) is 5.82. The molecule has 2 aromatic carbocycles. The number of fused-ring (bicyclic) bond motifs is 1. The standard InChI is InChI=1S/C19H12F2N2O4/c20-19(21)26-12-7-5-11(6-8-12)16-9-13(27-22-16)10-23-17(24)14-3-1-2-4-15(14)18(23)25/h1-9,19H,10H2. The van der Waals surface area contributed by atoms with Crippen molar-refractivity contribution in [2.75, 3.05) is 0 Å². The summed E-state index contributed by atoms with van der Waals surface area (Å²) in [5, 5.41) is 3.91. The fourth-order valence-electron chi connectivity index (χ4n) is 2.87. The minimum absolute atomic E-state index is 0.0310. The van der Waals surface area contributed by atoms with Crippen LogP contribution in [0.25, 0.3) is 11.3 Å². The molecule has 0 unspecified atom stereocenters. The molecule has 0 spiro atoms. The third-order valence-corrected chi connectivity index (χ3v) is 4.13. The van der Waals surface area contributed by atoms with Gasteiger partial charge >= 0.3 is 6.61 Å². The maximum atomic E-state index is 12.4. The minimum atomic E-state index is -2.89. The Bertz CT molecular complexity index is 980. The van der Waals surface area contributed by atoms with Crippen LogP contribution < -0.4 is 4.74 Å². The predicted octanol–water partition coefficient (Wildman–Crippen LogP) is 3.74. The largest absolute Gasteiger partial charge is 0.435 e. The van der Waals surface area contributed by atoms with Crippen LogP contribution in [-0.2, 0) is 6.54 Å². The van der Waals surface area contributed by atoms with Gasteiger partial charge in [0.15, 0.2) is 5.76 Å². The molecule has 3 aromatic rings. The molecule has 136 valence electrons. The first kappa shape index (κ1) is 16.9. The van der Waals surface area contributed by atoms with E-state index in [2.05, 4.69) is 9.89 Å². The highest BCUT2D eigenvalue weighted by Gasteiger charge is 2.35. The molecule has 2 amide bonds. The highest BCUT2D eigenvalue weighted by atomic mass is 19.3. The van der Waals surface area contributed by atoms with E-state index in [1.807, 2.05) is 0 Å². The predicted molar refractivity (Wildman–Crippen MR) is 89.2 cm³/mol. The van der Waals surface area contributed by atoms with Crippen LogP contribution in [0.15, 0.2) is 59.1 Å². The van der Waals surface area contributed by atoms with Crippen molar-refractivity contribution < 1.29 is 27.6 Å². The van der Waals surface area contributed by atoms with Crippen LogP contribution in [0.4, 0.5) is 8.78 Å². The number of carbonyl (C=O) groups excluding carboxylic acids is 2. The SMILES string of the molecule is O=C1c2ccccc2C(=O)N1Cc1cc(-c2ccc(OC(F)F)cc2)no1. The second kappa shape index (κ2) is 6.64. The van der Waals surface area contributed by atoms with E-state index in [0.29, 0.717) is 28.1 Å². The lowest BCUT2D eigenvalue weighted by molar-refractivity contribution is -0.0498. The smallest absolute Gasteiger partial charge is 0.387 e. The Morgan fingerprint density at radius 1 is 1.00 bits per heavy atom. The lowest BCUT2D eigenvalue weighted by Gasteiger charge is -2.10. The molecule has 6 nitrogen and oxygen atoms in total. The summed E-state index contributed by atoms with van der Waals surface area (Å²) < 4.78 is 33.9. The molecule has 27 heavy (non-hydrogen) atoms. The zero-order chi connectivity index (χ0) is 19.0. The lowest BCUT2D eigenvalue weighted by Crippen LogP contribution is -2.28. The number of benzene rings is 2. The zero-order valence-electron chi connectivity index (χ0n) is 13.8. The van der Waals surface area contributed by atoms with Crippen LogP contribution in [0, 0.1) is 0 Å². The number of ether oxygens (including phenoxy) is 1. The van der Waals surface area contributed by atoms with Crippen molar-refractivity contribution in [3.63, 3.8) is 0 Å². The van der Waals surface area contributed by atoms with Gasteiger partial charge in [-0.2, -0.15) is 8.78 Å². The Labute approximate surface area is 151 Å². The number of aromatic nitrogens is 1. The summed E-state index contributed by atoms with van der Waals surface area (Å²) in [5.74, 6) is -0.417. The van der Waals surface area contributed by atoms with E-state index >= 15 is 0 Å². The first-order chi connectivity index (χ1) is 13.0. The average molecular weight is 370 g/mol. The normalized spacial score (nSPS) is 13.4. The maximum Gasteiger partial charge on any atom is 0.387 e. The number of imide groups is 1. The molecule has 1 aliphatic rings.